The summed E-state index contributed by atoms with van der Waals surface area (Å²) in [6, 6.07) is 21.1. The predicted molar refractivity (Wildman–Crippen MR) is 131 cm³/mol. The van der Waals surface area contributed by atoms with Crippen LogP contribution >= 0.6 is 31.9 Å². The van der Waals surface area contributed by atoms with E-state index in [1.165, 1.54) is 5.56 Å². The lowest BCUT2D eigenvalue weighted by molar-refractivity contribution is -0.112. The molecule has 0 atom stereocenters. The van der Waals surface area contributed by atoms with Crippen molar-refractivity contribution < 1.29 is 9.53 Å². The minimum absolute atomic E-state index is 0.00723. The number of hydrogen-bond acceptors (Lipinski definition) is 3. The summed E-state index contributed by atoms with van der Waals surface area (Å²) in [5.41, 5.74) is 4.67. The quantitative estimate of drug-likeness (QED) is 0.272. The van der Waals surface area contributed by atoms with Crippen LogP contribution in [-0.4, -0.2) is 5.91 Å². The van der Waals surface area contributed by atoms with Crippen LogP contribution in [0.2, 0.25) is 0 Å². The second-order valence-electron chi connectivity index (χ2n) is 7.08. The number of halogens is 2. The number of carbonyl (C=O) groups is 1. The number of rotatable bonds is 6. The molecule has 0 unspecified atom stereocenters. The Morgan fingerprint density at radius 2 is 1.71 bits per heavy atom. The molecular formula is C25H20Br2N2O2. The van der Waals surface area contributed by atoms with Gasteiger partial charge in [0.2, 0.25) is 0 Å². The molecule has 31 heavy (non-hydrogen) atoms. The molecule has 6 heteroatoms. The second kappa shape index (κ2) is 10.4. The largest absolute Gasteiger partial charge is 0.487 e. The monoisotopic (exact) mass is 538 g/mol. The number of nitrogens with zero attached hydrogens (tertiary/aromatic N) is 1. The van der Waals surface area contributed by atoms with Gasteiger partial charge in [0, 0.05) is 5.69 Å². The highest BCUT2D eigenvalue weighted by atomic mass is 79.9. The molecule has 0 aliphatic heterocycles. The molecule has 0 aliphatic carbocycles. The molecule has 1 N–H and O–H groups in total. The van der Waals surface area contributed by atoms with Gasteiger partial charge in [-0.3, -0.25) is 4.79 Å². The van der Waals surface area contributed by atoms with Crippen LogP contribution in [0.15, 0.2) is 75.2 Å². The Balaban J connectivity index is 1.76. The molecule has 0 aliphatic rings. The fourth-order valence-electron chi connectivity index (χ4n) is 2.91. The van der Waals surface area contributed by atoms with Crippen molar-refractivity contribution in [3.05, 3.63) is 97.4 Å². The molecular weight excluding hydrogens is 520 g/mol. The molecule has 3 aromatic rings. The van der Waals surface area contributed by atoms with E-state index in [-0.39, 0.29) is 5.57 Å². The normalized spacial score (nSPS) is 11.0. The topological polar surface area (TPSA) is 62.1 Å². The Morgan fingerprint density at radius 3 is 2.32 bits per heavy atom. The van der Waals surface area contributed by atoms with Crippen molar-refractivity contribution in [2.75, 3.05) is 5.32 Å². The zero-order valence-corrected chi connectivity index (χ0v) is 20.2. The van der Waals surface area contributed by atoms with Gasteiger partial charge in [-0.1, -0.05) is 47.5 Å². The van der Waals surface area contributed by atoms with Gasteiger partial charge in [0.25, 0.3) is 5.91 Å². The molecule has 3 rings (SSSR count). The molecule has 156 valence electrons. The van der Waals surface area contributed by atoms with Gasteiger partial charge < -0.3 is 10.1 Å². The highest BCUT2D eigenvalue weighted by Crippen LogP contribution is 2.36. The summed E-state index contributed by atoms with van der Waals surface area (Å²) in [5, 5.41) is 12.2. The molecule has 0 spiro atoms. The number of nitrogens with one attached hydrogen (secondary N) is 1. The average molecular weight is 540 g/mol. The number of carbonyl (C=O) groups excluding carboxylic acids is 1. The van der Waals surface area contributed by atoms with Crippen molar-refractivity contribution in [2.24, 2.45) is 0 Å². The van der Waals surface area contributed by atoms with Crippen molar-refractivity contribution in [2.45, 2.75) is 20.5 Å². The Kier molecular flexibility index (Phi) is 7.67. The number of aryl methyl sites for hydroxylation is 2. The second-order valence-corrected chi connectivity index (χ2v) is 8.79. The van der Waals surface area contributed by atoms with Crippen LogP contribution in [0.1, 0.15) is 22.3 Å². The van der Waals surface area contributed by atoms with E-state index in [9.17, 15) is 10.1 Å². The van der Waals surface area contributed by atoms with Gasteiger partial charge >= 0.3 is 0 Å². The fraction of sp³-hybridized carbons (Fsp3) is 0.120. The molecule has 0 bridgehead atoms. The van der Waals surface area contributed by atoms with E-state index in [4.69, 9.17) is 4.74 Å². The smallest absolute Gasteiger partial charge is 0.266 e. The Hall–Kier alpha value is -2.88. The molecule has 0 aromatic heterocycles. The summed E-state index contributed by atoms with van der Waals surface area (Å²) >= 11 is 7.06. The van der Waals surface area contributed by atoms with Crippen molar-refractivity contribution in [1.29, 1.82) is 5.26 Å². The van der Waals surface area contributed by atoms with E-state index < -0.39 is 5.91 Å². The standard InChI is InChI=1S/C25H20Br2N2O2/c1-16-6-8-21(9-7-16)29-25(30)20(14-28)11-19-12-22(26)24(23(27)13-19)31-15-18-5-3-4-17(2)10-18/h3-13H,15H2,1-2H3,(H,29,30)/b20-11+. The highest BCUT2D eigenvalue weighted by Gasteiger charge is 2.13. The van der Waals surface area contributed by atoms with E-state index >= 15 is 0 Å². The summed E-state index contributed by atoms with van der Waals surface area (Å²) < 4.78 is 7.41. The number of nitriles is 1. The van der Waals surface area contributed by atoms with E-state index in [0.717, 1.165) is 20.1 Å². The zero-order chi connectivity index (χ0) is 22.4. The van der Waals surface area contributed by atoms with Gasteiger partial charge in [-0.2, -0.15) is 5.26 Å². The Bertz CT molecular complexity index is 1160. The van der Waals surface area contributed by atoms with Crippen molar-refractivity contribution in [3.8, 4) is 11.8 Å². The summed E-state index contributed by atoms with van der Waals surface area (Å²) in [5.74, 6) is 0.194. The lowest BCUT2D eigenvalue weighted by atomic mass is 10.1. The minimum Gasteiger partial charge on any atom is -0.487 e. The third-order valence-electron chi connectivity index (χ3n) is 4.47. The van der Waals surface area contributed by atoms with Crippen LogP contribution < -0.4 is 10.1 Å². The third-order valence-corrected chi connectivity index (χ3v) is 5.65. The molecule has 0 saturated heterocycles. The molecule has 4 nitrogen and oxygen atoms in total. The first-order valence-electron chi connectivity index (χ1n) is 9.53. The zero-order valence-electron chi connectivity index (χ0n) is 17.1. The summed E-state index contributed by atoms with van der Waals surface area (Å²) in [7, 11) is 0. The summed E-state index contributed by atoms with van der Waals surface area (Å²) in [6.07, 6.45) is 1.55. The van der Waals surface area contributed by atoms with Crippen LogP contribution in [0.5, 0.6) is 5.75 Å². The van der Waals surface area contributed by atoms with Gasteiger partial charge in [0.1, 0.15) is 24.0 Å². The highest BCUT2D eigenvalue weighted by molar-refractivity contribution is 9.11. The van der Waals surface area contributed by atoms with Crippen LogP contribution in [0.25, 0.3) is 6.08 Å². The van der Waals surface area contributed by atoms with Gasteiger partial charge in [-0.05, 0) is 87.2 Å². The minimum atomic E-state index is -0.460. The van der Waals surface area contributed by atoms with Gasteiger partial charge in [0.05, 0.1) is 8.95 Å². The van der Waals surface area contributed by atoms with Crippen LogP contribution in [-0.2, 0) is 11.4 Å². The van der Waals surface area contributed by atoms with E-state index in [1.807, 2.05) is 62.4 Å². The lowest BCUT2D eigenvalue weighted by Gasteiger charge is -2.12. The lowest BCUT2D eigenvalue weighted by Crippen LogP contribution is -2.13. The van der Waals surface area contributed by atoms with Gasteiger partial charge in [0.15, 0.2) is 0 Å². The predicted octanol–water partition coefficient (Wildman–Crippen LogP) is 6.95. The van der Waals surface area contributed by atoms with Crippen LogP contribution in [0.4, 0.5) is 5.69 Å². The third kappa shape index (κ3) is 6.30. The molecule has 0 radical (unpaired) electrons. The number of benzene rings is 3. The average Bonchev–Trinajstić information content (AvgIpc) is 2.73. The first kappa shape index (κ1) is 22.8. The number of anilines is 1. The van der Waals surface area contributed by atoms with E-state index in [1.54, 1.807) is 18.2 Å². The summed E-state index contributed by atoms with van der Waals surface area (Å²) in [4.78, 5) is 12.5. The Labute approximate surface area is 198 Å². The van der Waals surface area contributed by atoms with E-state index in [0.29, 0.717) is 23.6 Å². The first-order valence-corrected chi connectivity index (χ1v) is 11.1. The summed E-state index contributed by atoms with van der Waals surface area (Å²) in [6.45, 7) is 4.44. The first-order chi connectivity index (χ1) is 14.9. The maximum absolute atomic E-state index is 12.5. The molecule has 0 saturated carbocycles. The number of amides is 1. The molecule has 3 aromatic carbocycles. The molecule has 1 amide bonds. The maximum Gasteiger partial charge on any atom is 0.266 e. The Morgan fingerprint density at radius 1 is 1.03 bits per heavy atom. The number of ether oxygens (including phenoxy) is 1. The SMILES string of the molecule is Cc1ccc(NC(=O)/C(C#N)=C/c2cc(Br)c(OCc3cccc(C)c3)c(Br)c2)cc1. The van der Waals surface area contributed by atoms with Crippen molar-refractivity contribution >= 4 is 49.5 Å². The van der Waals surface area contributed by atoms with Crippen LogP contribution in [0.3, 0.4) is 0 Å². The van der Waals surface area contributed by atoms with Gasteiger partial charge in [-0.15, -0.1) is 0 Å². The van der Waals surface area contributed by atoms with Gasteiger partial charge in [-0.25, -0.2) is 0 Å². The molecule has 0 fully saturated rings. The maximum atomic E-state index is 12.5. The fourth-order valence-corrected chi connectivity index (χ4v) is 4.36. The van der Waals surface area contributed by atoms with Crippen molar-refractivity contribution in [3.63, 3.8) is 0 Å². The molecule has 0 heterocycles. The van der Waals surface area contributed by atoms with Crippen LogP contribution in [0, 0.1) is 25.2 Å². The van der Waals surface area contributed by atoms with E-state index in [2.05, 4.69) is 43.2 Å². The van der Waals surface area contributed by atoms with Crippen molar-refractivity contribution in [1.82, 2.24) is 0 Å². The number of hydrogen-bond donors (Lipinski definition) is 1.